The van der Waals surface area contributed by atoms with Crippen LogP contribution in [0.5, 0.6) is 0 Å². The van der Waals surface area contributed by atoms with Gasteiger partial charge >= 0.3 is 0 Å². The molecule has 9 heavy (non-hydrogen) atoms. The summed E-state index contributed by atoms with van der Waals surface area (Å²) in [6.07, 6.45) is 1.32. The first kappa shape index (κ1) is 7.38. The maximum atomic E-state index is 11.3. The Balaban J connectivity index is 2.37. The van der Waals surface area contributed by atoms with Gasteiger partial charge in [0.05, 0.1) is 0 Å². The third-order valence-electron chi connectivity index (χ3n) is 1.63. The lowest BCUT2D eigenvalue weighted by molar-refractivity contribution is -0.228. The summed E-state index contributed by atoms with van der Waals surface area (Å²) >= 11 is 1.83. The molecule has 0 amide bonds. The summed E-state index contributed by atoms with van der Waals surface area (Å²) in [6, 6.07) is 0. The second kappa shape index (κ2) is 2.90. The lowest BCUT2D eigenvalue weighted by Gasteiger charge is -2.27. The van der Waals surface area contributed by atoms with Crippen LogP contribution in [0.3, 0.4) is 0 Å². The first-order valence-electron chi connectivity index (χ1n) is 3.10. The van der Waals surface area contributed by atoms with Crippen molar-refractivity contribution in [3.63, 3.8) is 0 Å². The van der Waals surface area contributed by atoms with E-state index in [0.29, 0.717) is 12.8 Å². The van der Waals surface area contributed by atoms with Gasteiger partial charge in [-0.05, 0) is 11.5 Å². The number of hydrogen-bond acceptors (Lipinski definition) is 2. The molecule has 1 saturated heterocycles. The zero-order valence-corrected chi connectivity index (χ0v) is 6.37. The fourth-order valence-electron chi connectivity index (χ4n) is 0.887. The normalized spacial score (nSPS) is 26.0. The van der Waals surface area contributed by atoms with Gasteiger partial charge in [0, 0.05) is 20.0 Å². The van der Waals surface area contributed by atoms with Crippen molar-refractivity contribution in [1.29, 1.82) is 0 Å². The monoisotopic (exact) mass is 147 g/mol. The van der Waals surface area contributed by atoms with Gasteiger partial charge in [0.2, 0.25) is 5.79 Å². The van der Waals surface area contributed by atoms with Gasteiger partial charge in [-0.25, -0.2) is 0 Å². The van der Waals surface area contributed by atoms with Crippen LogP contribution < -0.4 is 0 Å². The van der Waals surface area contributed by atoms with Gasteiger partial charge in [-0.2, -0.15) is 16.9 Å². The predicted octanol–water partition coefficient (Wildman–Crippen LogP) is 1.29. The second-order valence-corrected chi connectivity index (χ2v) is 3.45. The highest BCUT2D eigenvalue weighted by atomic mass is 32.2. The van der Waals surface area contributed by atoms with Crippen LogP contribution >= 0.6 is 11.8 Å². The Bertz CT molecular complexity index is 89.1. The molecule has 0 aromatic rings. The van der Waals surface area contributed by atoms with Gasteiger partial charge in [-0.1, -0.05) is 0 Å². The third kappa shape index (κ3) is 1.85. The number of ether oxygens (including phenoxy) is 1. The molecule has 0 aromatic carbocycles. The number of hydrogen-bond donors (Lipinski definition) is 0. The summed E-state index contributed by atoms with van der Waals surface area (Å²) in [4.78, 5) is 0. The maximum Gasteiger partial charge on any atom is 0.203 e. The van der Waals surface area contributed by atoms with Gasteiger partial charge in [0.15, 0.2) is 0 Å². The van der Waals surface area contributed by atoms with E-state index in [1.807, 2.05) is 11.8 Å². The molecule has 1 aliphatic heterocycles. The molecule has 0 atom stereocenters. The van der Waals surface area contributed by atoms with Crippen LogP contribution in [0.15, 0.2) is 0 Å². The average Bonchev–Trinajstić information content (AvgIpc) is 1.90. The van der Waals surface area contributed by atoms with E-state index in [2.05, 4.69) is 0 Å². The second-order valence-electron chi connectivity index (χ2n) is 2.23. The van der Waals surface area contributed by atoms with E-state index in [-0.39, 0.29) is 0 Å². The molecule has 1 heterocycles. The van der Waals surface area contributed by atoms with Crippen LogP contribution in [0.2, 0.25) is 0 Å². The molecule has 0 saturated carbocycles. The highest BCUT2D eigenvalue weighted by Crippen LogP contribution is 2.27. The fraction of sp³-hybridized carbons (Fsp3) is 1.00. The highest BCUT2D eigenvalue weighted by Gasteiger charge is 2.30. The first-order valence-corrected chi connectivity index (χ1v) is 4.26. The predicted molar refractivity (Wildman–Crippen MR) is 37.0 cm³/mol. The smallest absolute Gasteiger partial charge is 0.203 e. The molecule has 3 heteroatoms. The molecule has 0 aromatic heterocycles. The van der Waals surface area contributed by atoms with E-state index < -0.39 is 5.79 Å². The molecule has 0 spiro atoms. The van der Waals surface area contributed by atoms with Crippen molar-refractivity contribution in [2.45, 2.75) is 18.6 Å². The van der Waals surface area contributed by atoms with Crippen LogP contribution in [-0.4, -0.2) is 24.4 Å². The summed E-state index contributed by atoms with van der Waals surface area (Å²) in [5, 5.41) is 11.3. The molecular weight excluding hydrogens is 136 g/mol. The quantitative estimate of drug-likeness (QED) is 0.523. The van der Waals surface area contributed by atoms with Crippen molar-refractivity contribution >= 4 is 11.8 Å². The van der Waals surface area contributed by atoms with E-state index >= 15 is 0 Å². The Labute approximate surface area is 59.6 Å². The molecule has 0 aliphatic carbocycles. The Kier molecular flexibility index (Phi) is 2.38. The van der Waals surface area contributed by atoms with Crippen LogP contribution in [0, 0.1) is 0 Å². The Morgan fingerprint density at radius 2 is 2.00 bits per heavy atom. The lowest BCUT2D eigenvalue weighted by Crippen LogP contribution is -2.33. The molecular formula is C6H11O2S. The molecule has 1 rings (SSSR count). The summed E-state index contributed by atoms with van der Waals surface area (Å²) in [5.41, 5.74) is 0. The van der Waals surface area contributed by atoms with Gasteiger partial charge < -0.3 is 4.74 Å². The van der Waals surface area contributed by atoms with Crippen molar-refractivity contribution in [3.05, 3.63) is 0 Å². The Morgan fingerprint density at radius 1 is 1.44 bits per heavy atom. The van der Waals surface area contributed by atoms with E-state index in [4.69, 9.17) is 4.74 Å². The molecule has 0 bridgehead atoms. The lowest BCUT2D eigenvalue weighted by atomic mass is 10.1. The number of thioether (sulfide) groups is 1. The SMILES string of the molecule is COC1([O])CCSCC1. The minimum absolute atomic E-state index is 0.661. The van der Waals surface area contributed by atoms with Crippen molar-refractivity contribution in [3.8, 4) is 0 Å². The largest absolute Gasteiger partial charge is 0.351 e. The van der Waals surface area contributed by atoms with E-state index in [9.17, 15) is 5.11 Å². The van der Waals surface area contributed by atoms with Crippen molar-refractivity contribution in [1.82, 2.24) is 0 Å². The first-order chi connectivity index (χ1) is 4.27. The molecule has 0 unspecified atom stereocenters. The molecule has 2 nitrogen and oxygen atoms in total. The average molecular weight is 147 g/mol. The minimum Gasteiger partial charge on any atom is -0.351 e. The number of methoxy groups -OCH3 is 1. The summed E-state index contributed by atoms with van der Waals surface area (Å²) in [5.74, 6) is 0.861. The van der Waals surface area contributed by atoms with Crippen LogP contribution in [0.4, 0.5) is 0 Å². The zero-order valence-electron chi connectivity index (χ0n) is 5.55. The molecule has 53 valence electrons. The van der Waals surface area contributed by atoms with Crippen LogP contribution in [-0.2, 0) is 9.84 Å². The molecule has 1 aliphatic rings. The summed E-state index contributed by atoms with van der Waals surface area (Å²) in [6.45, 7) is 0. The molecule has 1 radical (unpaired) electrons. The summed E-state index contributed by atoms with van der Waals surface area (Å²) < 4.78 is 4.81. The third-order valence-corrected chi connectivity index (χ3v) is 2.61. The van der Waals surface area contributed by atoms with Gasteiger partial charge in [-0.3, -0.25) is 0 Å². The van der Waals surface area contributed by atoms with E-state index in [1.165, 1.54) is 7.11 Å². The van der Waals surface area contributed by atoms with E-state index in [1.54, 1.807) is 0 Å². The zero-order chi connectivity index (χ0) is 6.74. The van der Waals surface area contributed by atoms with Crippen molar-refractivity contribution in [2.24, 2.45) is 0 Å². The Morgan fingerprint density at radius 3 is 2.33 bits per heavy atom. The highest BCUT2D eigenvalue weighted by molar-refractivity contribution is 7.99. The van der Waals surface area contributed by atoms with Crippen molar-refractivity contribution < 1.29 is 9.84 Å². The van der Waals surface area contributed by atoms with Crippen molar-refractivity contribution in [2.75, 3.05) is 18.6 Å². The van der Waals surface area contributed by atoms with Gasteiger partial charge in [0.1, 0.15) is 0 Å². The number of rotatable bonds is 1. The Hall–Kier alpha value is 0.270. The topological polar surface area (TPSA) is 29.1 Å². The van der Waals surface area contributed by atoms with Crippen LogP contribution in [0.25, 0.3) is 0 Å². The minimum atomic E-state index is -1.05. The maximum absolute atomic E-state index is 11.3. The van der Waals surface area contributed by atoms with Gasteiger partial charge in [0.25, 0.3) is 0 Å². The van der Waals surface area contributed by atoms with E-state index in [0.717, 1.165) is 11.5 Å². The van der Waals surface area contributed by atoms with Crippen LogP contribution in [0.1, 0.15) is 12.8 Å². The van der Waals surface area contributed by atoms with Gasteiger partial charge in [-0.15, -0.1) is 0 Å². The molecule has 1 fully saturated rings. The standard InChI is InChI=1S/C6H11O2S/c1-8-6(7)2-4-9-5-3-6/h2-5H2,1H3. The fourth-order valence-corrected chi connectivity index (χ4v) is 2.00. The summed E-state index contributed by atoms with van der Waals surface area (Å²) in [7, 11) is 1.50. The molecule has 0 N–H and O–H groups in total.